The SMILES string of the molecule is [B]C([B])([B])Nc1ncc2nc(C(C)O)n(C3CCCCC3)c2n1. The summed E-state index contributed by atoms with van der Waals surface area (Å²) in [4.78, 5) is 13.1. The average Bonchev–Trinajstić information content (AvgIpc) is 2.85. The van der Waals surface area contributed by atoms with Crippen LogP contribution in [0.15, 0.2) is 6.20 Å². The van der Waals surface area contributed by atoms with E-state index in [9.17, 15) is 5.11 Å². The number of anilines is 1. The van der Waals surface area contributed by atoms with Gasteiger partial charge in [0, 0.05) is 6.04 Å². The molecular formula is C14H18B3N5O. The fraction of sp³-hybridized carbons (Fsp3) is 0.643. The van der Waals surface area contributed by atoms with Crippen LogP contribution in [-0.2, 0) is 0 Å². The third kappa shape index (κ3) is 3.54. The molecule has 0 saturated heterocycles. The highest BCUT2D eigenvalue weighted by molar-refractivity contribution is 6.60. The topological polar surface area (TPSA) is 75.9 Å². The second-order valence-electron chi connectivity index (χ2n) is 6.27. The first-order valence-electron chi connectivity index (χ1n) is 7.93. The fourth-order valence-corrected chi connectivity index (χ4v) is 3.16. The van der Waals surface area contributed by atoms with Crippen LogP contribution in [0.2, 0.25) is 0 Å². The van der Waals surface area contributed by atoms with Gasteiger partial charge in [-0.3, -0.25) is 0 Å². The van der Waals surface area contributed by atoms with Crippen LogP contribution in [0.4, 0.5) is 5.95 Å². The Hall–Kier alpha value is -1.50. The van der Waals surface area contributed by atoms with Gasteiger partial charge in [-0.1, -0.05) is 24.5 Å². The molecule has 6 radical (unpaired) electrons. The highest BCUT2D eigenvalue weighted by Crippen LogP contribution is 2.33. The summed E-state index contributed by atoms with van der Waals surface area (Å²) in [6.07, 6.45) is 6.57. The standard InChI is InChI=1S/C14H18B3N5O/c1-8(23)11-19-10-7-18-13(21-14(15,16)17)20-12(10)22(11)9-5-3-2-4-6-9/h7-9,23H,2-6H2,1H3,(H,18,20,21). The minimum atomic E-state index is -1.60. The van der Waals surface area contributed by atoms with Crippen LogP contribution in [0.25, 0.3) is 11.2 Å². The van der Waals surface area contributed by atoms with Crippen LogP contribution < -0.4 is 5.32 Å². The van der Waals surface area contributed by atoms with Gasteiger partial charge in [-0.15, -0.1) is 0 Å². The zero-order valence-corrected chi connectivity index (χ0v) is 13.2. The maximum absolute atomic E-state index is 10.1. The third-order valence-corrected chi connectivity index (χ3v) is 4.10. The van der Waals surface area contributed by atoms with Crippen molar-refractivity contribution in [1.29, 1.82) is 0 Å². The number of nitrogens with zero attached hydrogens (tertiary/aromatic N) is 4. The van der Waals surface area contributed by atoms with Crippen LogP contribution in [0, 0.1) is 0 Å². The molecule has 0 amide bonds. The summed E-state index contributed by atoms with van der Waals surface area (Å²) >= 11 is 0. The molecule has 2 aromatic rings. The van der Waals surface area contributed by atoms with Crippen molar-refractivity contribution in [1.82, 2.24) is 19.5 Å². The van der Waals surface area contributed by atoms with Gasteiger partial charge in [0.2, 0.25) is 5.95 Å². The van der Waals surface area contributed by atoms with E-state index in [1.807, 2.05) is 4.57 Å². The summed E-state index contributed by atoms with van der Waals surface area (Å²) in [5.74, 6) is 0.844. The second-order valence-corrected chi connectivity index (χ2v) is 6.27. The maximum Gasteiger partial charge on any atom is 0.223 e. The lowest BCUT2D eigenvalue weighted by Gasteiger charge is -2.26. The molecule has 9 heteroatoms. The lowest BCUT2D eigenvalue weighted by Crippen LogP contribution is -2.40. The molecule has 2 N–H and O–H groups in total. The minimum Gasteiger partial charge on any atom is -0.385 e. The highest BCUT2D eigenvalue weighted by atomic mass is 16.3. The lowest BCUT2D eigenvalue weighted by molar-refractivity contribution is 0.178. The van der Waals surface area contributed by atoms with Gasteiger partial charge in [0.1, 0.15) is 17.4 Å². The zero-order chi connectivity index (χ0) is 16.6. The molecule has 0 bridgehead atoms. The van der Waals surface area contributed by atoms with Crippen molar-refractivity contribution in [3.05, 3.63) is 12.0 Å². The molecule has 2 aromatic heterocycles. The summed E-state index contributed by atoms with van der Waals surface area (Å²) in [7, 11) is 16.6. The molecule has 2 heterocycles. The van der Waals surface area contributed by atoms with Gasteiger partial charge in [-0.25, -0.2) is 9.97 Å². The lowest BCUT2D eigenvalue weighted by atomic mass is 9.49. The van der Waals surface area contributed by atoms with Gasteiger partial charge >= 0.3 is 0 Å². The number of imidazole rings is 1. The predicted octanol–water partition coefficient (Wildman–Crippen LogP) is 0.913. The first-order chi connectivity index (χ1) is 10.8. The third-order valence-electron chi connectivity index (χ3n) is 4.10. The van der Waals surface area contributed by atoms with Gasteiger partial charge in [0.25, 0.3) is 0 Å². The Balaban J connectivity index is 2.08. The van der Waals surface area contributed by atoms with E-state index < -0.39 is 11.3 Å². The van der Waals surface area contributed by atoms with E-state index >= 15 is 0 Å². The minimum absolute atomic E-state index is 0.235. The van der Waals surface area contributed by atoms with E-state index in [1.54, 1.807) is 13.1 Å². The number of hydrogen-bond donors (Lipinski definition) is 2. The number of aliphatic hydroxyl groups excluding tert-OH is 1. The van der Waals surface area contributed by atoms with Crippen LogP contribution in [0.5, 0.6) is 0 Å². The molecule has 114 valence electrons. The van der Waals surface area contributed by atoms with E-state index in [2.05, 4.69) is 20.3 Å². The van der Waals surface area contributed by atoms with Gasteiger partial charge < -0.3 is 15.0 Å². The van der Waals surface area contributed by atoms with Crippen molar-refractivity contribution in [2.24, 2.45) is 0 Å². The van der Waals surface area contributed by atoms with Crippen molar-refractivity contribution >= 4 is 40.7 Å². The summed E-state index contributed by atoms with van der Waals surface area (Å²) in [5, 5.41) is 11.1. The Morgan fingerprint density at radius 1 is 1.26 bits per heavy atom. The van der Waals surface area contributed by atoms with Crippen molar-refractivity contribution in [3.8, 4) is 0 Å². The number of hydrogen-bond acceptors (Lipinski definition) is 5. The summed E-state index contributed by atoms with van der Waals surface area (Å²) < 4.78 is 2.03. The quantitative estimate of drug-likeness (QED) is 0.821. The molecule has 0 aromatic carbocycles. The van der Waals surface area contributed by atoms with E-state index in [0.717, 1.165) is 25.7 Å². The van der Waals surface area contributed by atoms with E-state index in [0.29, 0.717) is 17.0 Å². The molecule has 0 spiro atoms. The number of fused-ring (bicyclic) bond motifs is 1. The number of nitrogens with one attached hydrogen (secondary N) is 1. The van der Waals surface area contributed by atoms with E-state index in [1.165, 1.54) is 6.42 Å². The molecule has 1 unspecified atom stereocenters. The van der Waals surface area contributed by atoms with Crippen molar-refractivity contribution in [3.63, 3.8) is 0 Å². The summed E-state index contributed by atoms with van der Waals surface area (Å²) in [5.41, 5.74) is 1.29. The average molecular weight is 305 g/mol. The number of rotatable bonds is 4. The molecule has 23 heavy (non-hydrogen) atoms. The van der Waals surface area contributed by atoms with E-state index in [4.69, 9.17) is 23.5 Å². The molecule has 1 atom stereocenters. The maximum atomic E-state index is 10.1. The summed E-state index contributed by atoms with van der Waals surface area (Å²) in [6, 6.07) is 0.277. The molecule has 1 aliphatic rings. The number of aliphatic hydroxyl groups is 1. The monoisotopic (exact) mass is 305 g/mol. The Kier molecular flexibility index (Phi) is 4.40. The van der Waals surface area contributed by atoms with Gasteiger partial charge in [0.15, 0.2) is 5.65 Å². The zero-order valence-electron chi connectivity index (χ0n) is 13.2. The van der Waals surface area contributed by atoms with Crippen molar-refractivity contribution < 1.29 is 5.11 Å². The van der Waals surface area contributed by atoms with Crippen LogP contribution in [0.3, 0.4) is 0 Å². The van der Waals surface area contributed by atoms with Crippen molar-refractivity contribution in [2.45, 2.75) is 56.4 Å². The highest BCUT2D eigenvalue weighted by Gasteiger charge is 2.25. The Labute approximate surface area is 139 Å². The Morgan fingerprint density at radius 2 is 1.96 bits per heavy atom. The van der Waals surface area contributed by atoms with E-state index in [-0.39, 0.29) is 12.0 Å². The predicted molar refractivity (Wildman–Crippen MR) is 91.7 cm³/mol. The largest absolute Gasteiger partial charge is 0.385 e. The van der Waals surface area contributed by atoms with Crippen molar-refractivity contribution in [2.75, 3.05) is 5.32 Å². The smallest absolute Gasteiger partial charge is 0.223 e. The molecular weight excluding hydrogens is 287 g/mol. The normalized spacial score (nSPS) is 18.2. The van der Waals surface area contributed by atoms with Gasteiger partial charge in [-0.05, 0) is 19.8 Å². The Morgan fingerprint density at radius 3 is 2.57 bits per heavy atom. The molecule has 1 fully saturated rings. The van der Waals surface area contributed by atoms with Gasteiger partial charge in [0.05, 0.1) is 29.7 Å². The molecule has 0 aliphatic heterocycles. The van der Waals surface area contributed by atoms with Crippen LogP contribution >= 0.6 is 0 Å². The molecule has 1 aliphatic carbocycles. The first kappa shape index (κ1) is 16.4. The molecule has 1 saturated carbocycles. The summed E-state index contributed by atoms with van der Waals surface area (Å²) in [6.45, 7) is 1.71. The van der Waals surface area contributed by atoms with Crippen LogP contribution in [0.1, 0.15) is 57.0 Å². The Bertz CT molecular complexity index is 692. The number of aromatic nitrogens is 4. The molecule has 6 nitrogen and oxygen atoms in total. The molecule has 3 rings (SSSR count). The first-order valence-corrected chi connectivity index (χ1v) is 7.93. The second kappa shape index (κ2) is 6.19. The fourth-order valence-electron chi connectivity index (χ4n) is 3.16. The van der Waals surface area contributed by atoms with Gasteiger partial charge in [-0.2, -0.15) is 4.98 Å². The van der Waals surface area contributed by atoms with Crippen LogP contribution in [-0.4, -0.2) is 53.4 Å².